The Labute approximate surface area is 169 Å². The topological polar surface area (TPSA) is 98.0 Å². The lowest BCUT2D eigenvalue weighted by molar-refractivity contribution is -0.123. The molecule has 0 unspecified atom stereocenters. The normalized spacial score (nSPS) is 16.3. The van der Waals surface area contributed by atoms with Crippen LogP contribution in [0.25, 0.3) is 22.3 Å². The zero-order chi connectivity index (χ0) is 20.6. The van der Waals surface area contributed by atoms with Gasteiger partial charge in [0.1, 0.15) is 5.78 Å². The highest BCUT2D eigenvalue weighted by atomic mass is 32.2. The van der Waals surface area contributed by atoms with E-state index in [1.165, 1.54) is 10.6 Å². The Kier molecular flexibility index (Phi) is 5.18. The first-order valence-corrected chi connectivity index (χ1v) is 11.4. The number of aromatic nitrogens is 4. The van der Waals surface area contributed by atoms with Crippen molar-refractivity contribution in [1.82, 2.24) is 23.8 Å². The van der Waals surface area contributed by atoms with Crippen LogP contribution in [0.1, 0.15) is 18.5 Å². The molecule has 0 saturated carbocycles. The van der Waals surface area contributed by atoms with Crippen molar-refractivity contribution in [3.05, 3.63) is 42.6 Å². The van der Waals surface area contributed by atoms with Crippen LogP contribution < -0.4 is 0 Å². The predicted molar refractivity (Wildman–Crippen MR) is 110 cm³/mol. The number of imidazole rings is 1. The van der Waals surface area contributed by atoms with Crippen molar-refractivity contribution < 1.29 is 13.2 Å². The van der Waals surface area contributed by atoms with Crippen molar-refractivity contribution >= 4 is 26.7 Å². The van der Waals surface area contributed by atoms with Crippen LogP contribution in [0, 0.1) is 5.92 Å². The molecule has 1 aliphatic heterocycles. The lowest BCUT2D eigenvalue weighted by Gasteiger charge is -2.29. The van der Waals surface area contributed by atoms with Gasteiger partial charge in [-0.3, -0.25) is 9.78 Å². The van der Waals surface area contributed by atoms with Gasteiger partial charge in [0.05, 0.1) is 35.7 Å². The van der Waals surface area contributed by atoms with Crippen molar-refractivity contribution in [1.29, 1.82) is 0 Å². The summed E-state index contributed by atoms with van der Waals surface area (Å²) in [5.74, 6) is -0.0213. The van der Waals surface area contributed by atoms with Crippen molar-refractivity contribution in [3.8, 4) is 11.4 Å². The summed E-state index contributed by atoms with van der Waals surface area (Å²) in [5.41, 5.74) is 3.20. The zero-order valence-corrected chi connectivity index (χ0v) is 17.3. The quantitative estimate of drug-likeness (QED) is 0.633. The second kappa shape index (κ2) is 7.64. The molecule has 3 aromatic heterocycles. The third-order valence-corrected chi connectivity index (χ3v) is 6.75. The molecule has 8 nitrogen and oxygen atoms in total. The Morgan fingerprint density at radius 2 is 1.97 bits per heavy atom. The molecule has 0 amide bonds. The van der Waals surface area contributed by atoms with Gasteiger partial charge in [0.25, 0.3) is 0 Å². The number of hydrogen-bond acceptors (Lipinski definition) is 6. The van der Waals surface area contributed by atoms with Gasteiger partial charge in [-0.05, 0) is 31.0 Å². The Balaban J connectivity index is 1.49. The SMILES string of the molecule is Cn1cncc1-c1ccc2cnc(CC(=O)C3CCN(S(C)(=O)=O)CC3)cc2n1. The van der Waals surface area contributed by atoms with Crippen LogP contribution in [-0.2, 0) is 28.3 Å². The summed E-state index contributed by atoms with van der Waals surface area (Å²) in [6, 6.07) is 5.75. The molecular weight excluding hydrogens is 390 g/mol. The van der Waals surface area contributed by atoms with Gasteiger partial charge < -0.3 is 4.57 Å². The van der Waals surface area contributed by atoms with Gasteiger partial charge in [-0.25, -0.2) is 22.7 Å². The number of carbonyl (C=O) groups is 1. The summed E-state index contributed by atoms with van der Waals surface area (Å²) in [5, 5.41) is 0.911. The van der Waals surface area contributed by atoms with Crippen molar-refractivity contribution in [2.24, 2.45) is 13.0 Å². The van der Waals surface area contributed by atoms with E-state index < -0.39 is 10.0 Å². The molecule has 0 N–H and O–H groups in total. The smallest absolute Gasteiger partial charge is 0.211 e. The average Bonchev–Trinajstić information content (AvgIpc) is 3.13. The number of hydrogen-bond donors (Lipinski definition) is 0. The molecule has 3 aromatic rings. The minimum Gasteiger partial charge on any atom is -0.332 e. The highest BCUT2D eigenvalue weighted by Crippen LogP contribution is 2.23. The highest BCUT2D eigenvalue weighted by Gasteiger charge is 2.28. The fraction of sp³-hybridized carbons (Fsp3) is 0.400. The lowest BCUT2D eigenvalue weighted by Crippen LogP contribution is -2.39. The maximum absolute atomic E-state index is 12.7. The van der Waals surface area contributed by atoms with Crippen LogP contribution in [0.4, 0.5) is 0 Å². The molecule has 0 spiro atoms. The molecule has 1 saturated heterocycles. The highest BCUT2D eigenvalue weighted by molar-refractivity contribution is 7.88. The maximum atomic E-state index is 12.7. The first-order chi connectivity index (χ1) is 13.8. The third-order valence-electron chi connectivity index (χ3n) is 5.44. The standard InChI is InChI=1S/C20H23N5O3S/c1-24-13-21-12-19(24)17-4-3-15-11-22-16(9-18(15)23-17)10-20(26)14-5-7-25(8-6-14)29(2,27)28/h3-4,9,11-14H,5-8,10H2,1-2H3. The second-order valence-corrected chi connectivity index (χ2v) is 9.52. The Bertz CT molecular complexity index is 1160. The van der Waals surface area contributed by atoms with Crippen LogP contribution in [-0.4, -0.2) is 57.4 Å². The van der Waals surface area contributed by atoms with E-state index in [4.69, 9.17) is 4.98 Å². The molecule has 0 radical (unpaired) electrons. The molecule has 4 rings (SSSR count). The minimum absolute atomic E-state index is 0.104. The second-order valence-electron chi connectivity index (χ2n) is 7.53. The van der Waals surface area contributed by atoms with Gasteiger partial charge in [0.2, 0.25) is 10.0 Å². The number of sulfonamides is 1. The summed E-state index contributed by atoms with van der Waals surface area (Å²) in [6.45, 7) is 0.798. The molecule has 4 heterocycles. The number of piperidine rings is 1. The predicted octanol–water partition coefficient (Wildman–Crippen LogP) is 1.81. The van der Waals surface area contributed by atoms with Crippen LogP contribution in [0.5, 0.6) is 0 Å². The molecule has 1 fully saturated rings. The number of Topliss-reactive ketones (excluding diaryl/α,β-unsaturated/α-hetero) is 1. The Hall–Kier alpha value is -2.65. The number of ketones is 1. The monoisotopic (exact) mass is 413 g/mol. The number of fused-ring (bicyclic) bond motifs is 1. The van der Waals surface area contributed by atoms with E-state index in [1.54, 1.807) is 18.7 Å². The average molecular weight is 414 g/mol. The third kappa shape index (κ3) is 4.20. The molecule has 0 aliphatic carbocycles. The van der Waals surface area contributed by atoms with E-state index in [-0.39, 0.29) is 18.1 Å². The number of pyridine rings is 2. The Morgan fingerprint density at radius 1 is 1.21 bits per heavy atom. The molecule has 0 aromatic carbocycles. The zero-order valence-electron chi connectivity index (χ0n) is 16.4. The molecule has 29 heavy (non-hydrogen) atoms. The largest absolute Gasteiger partial charge is 0.332 e. The van der Waals surface area contributed by atoms with Crippen LogP contribution in [0.2, 0.25) is 0 Å². The first-order valence-electron chi connectivity index (χ1n) is 9.51. The van der Waals surface area contributed by atoms with Crippen molar-refractivity contribution in [3.63, 3.8) is 0 Å². The van der Waals surface area contributed by atoms with Gasteiger partial charge in [-0.2, -0.15) is 0 Å². The minimum atomic E-state index is -3.19. The lowest BCUT2D eigenvalue weighted by atomic mass is 9.91. The summed E-state index contributed by atoms with van der Waals surface area (Å²) < 4.78 is 26.6. The maximum Gasteiger partial charge on any atom is 0.211 e. The van der Waals surface area contributed by atoms with Gasteiger partial charge >= 0.3 is 0 Å². The van der Waals surface area contributed by atoms with Crippen LogP contribution in [0.3, 0.4) is 0 Å². The summed E-state index contributed by atoms with van der Waals surface area (Å²) in [6.07, 6.45) is 7.79. The van der Waals surface area contributed by atoms with E-state index in [9.17, 15) is 13.2 Å². The summed E-state index contributed by atoms with van der Waals surface area (Å²) in [4.78, 5) is 26.0. The van der Waals surface area contributed by atoms with E-state index >= 15 is 0 Å². The van der Waals surface area contributed by atoms with Crippen LogP contribution >= 0.6 is 0 Å². The molecule has 9 heteroatoms. The molecule has 1 aliphatic rings. The number of nitrogens with zero attached hydrogens (tertiary/aromatic N) is 5. The first kappa shape index (κ1) is 19.7. The number of rotatable bonds is 5. The number of aryl methyl sites for hydroxylation is 1. The number of carbonyl (C=O) groups excluding carboxylic acids is 1. The summed E-state index contributed by atoms with van der Waals surface area (Å²) in [7, 11) is -1.27. The molecule has 152 valence electrons. The van der Waals surface area contributed by atoms with Gasteiger partial charge in [-0.15, -0.1) is 0 Å². The van der Waals surface area contributed by atoms with E-state index in [0.29, 0.717) is 31.6 Å². The molecule has 0 bridgehead atoms. The van der Waals surface area contributed by atoms with E-state index in [1.807, 2.05) is 29.8 Å². The Morgan fingerprint density at radius 3 is 2.62 bits per heavy atom. The fourth-order valence-electron chi connectivity index (χ4n) is 3.73. The van der Waals surface area contributed by atoms with Crippen molar-refractivity contribution in [2.45, 2.75) is 19.3 Å². The molecule has 0 atom stereocenters. The van der Waals surface area contributed by atoms with Gasteiger partial charge in [-0.1, -0.05) is 0 Å². The van der Waals surface area contributed by atoms with E-state index in [0.717, 1.165) is 22.3 Å². The summed E-state index contributed by atoms with van der Waals surface area (Å²) >= 11 is 0. The fourth-order valence-corrected chi connectivity index (χ4v) is 4.61. The molecular formula is C20H23N5O3S. The van der Waals surface area contributed by atoms with Gasteiger partial charge in [0.15, 0.2) is 0 Å². The van der Waals surface area contributed by atoms with Gasteiger partial charge in [0, 0.05) is 49.8 Å². The van der Waals surface area contributed by atoms with E-state index in [2.05, 4.69) is 9.97 Å². The van der Waals surface area contributed by atoms with Crippen LogP contribution in [0.15, 0.2) is 36.9 Å². The van der Waals surface area contributed by atoms with Crippen molar-refractivity contribution in [2.75, 3.05) is 19.3 Å².